The number of nitrogens with one attached hydrogen (secondary N) is 2. The Labute approximate surface area is 206 Å². The maximum Gasteiger partial charge on any atom is 0.236 e. The molecule has 0 aromatic heterocycles. The van der Waals surface area contributed by atoms with Crippen LogP contribution in [0.15, 0.2) is 66.7 Å². The quantitative estimate of drug-likeness (QED) is 0.478. The van der Waals surface area contributed by atoms with Crippen LogP contribution in [0.5, 0.6) is 11.5 Å². The van der Waals surface area contributed by atoms with Crippen LogP contribution >= 0.6 is 23.8 Å². The van der Waals surface area contributed by atoms with Crippen molar-refractivity contribution in [3.8, 4) is 11.5 Å². The Morgan fingerprint density at radius 3 is 2.65 bits per heavy atom. The molecular weight excluding hydrogens is 477 g/mol. The molecular formula is C25H21ClFN3O3S. The third kappa shape index (κ3) is 3.63. The molecule has 6 nitrogen and oxygen atoms in total. The number of fused-ring (bicyclic) bond motifs is 4. The topological polar surface area (TPSA) is 62.8 Å². The smallest absolute Gasteiger partial charge is 0.236 e. The second-order valence-corrected chi connectivity index (χ2v) is 9.07. The number of carbonyl (C=O) groups is 1. The van der Waals surface area contributed by atoms with Crippen LogP contribution in [0.25, 0.3) is 0 Å². The number of hydrogen-bond donors (Lipinski definition) is 2. The first-order chi connectivity index (χ1) is 16.3. The summed E-state index contributed by atoms with van der Waals surface area (Å²) in [5.74, 6) is -0.456. The van der Waals surface area contributed by atoms with E-state index in [0.717, 1.165) is 5.56 Å². The molecule has 2 aliphatic rings. The van der Waals surface area contributed by atoms with Crippen molar-refractivity contribution in [1.29, 1.82) is 0 Å². The first kappa shape index (κ1) is 22.4. The number of amides is 1. The van der Waals surface area contributed by atoms with Gasteiger partial charge in [0.25, 0.3) is 0 Å². The van der Waals surface area contributed by atoms with Crippen LogP contribution in [0.4, 0.5) is 15.8 Å². The van der Waals surface area contributed by atoms with Gasteiger partial charge in [-0.15, -0.1) is 0 Å². The van der Waals surface area contributed by atoms with Crippen LogP contribution < -0.4 is 25.0 Å². The van der Waals surface area contributed by atoms with Crippen LogP contribution in [0.3, 0.4) is 0 Å². The summed E-state index contributed by atoms with van der Waals surface area (Å²) in [6, 6.07) is 17.8. The number of ether oxygens (including phenoxy) is 2. The molecule has 1 saturated heterocycles. The van der Waals surface area contributed by atoms with E-state index >= 15 is 0 Å². The summed E-state index contributed by atoms with van der Waals surface area (Å²) >= 11 is 11.7. The van der Waals surface area contributed by atoms with Crippen molar-refractivity contribution in [2.75, 3.05) is 17.3 Å². The van der Waals surface area contributed by atoms with E-state index in [0.29, 0.717) is 33.0 Å². The molecule has 2 bridgehead atoms. The highest BCUT2D eigenvalue weighted by atomic mass is 35.5. The molecule has 0 unspecified atom stereocenters. The number of carbonyl (C=O) groups excluding carboxylic acids is 1. The third-order valence-corrected chi connectivity index (χ3v) is 6.72. The van der Waals surface area contributed by atoms with Gasteiger partial charge in [-0.05, 0) is 67.7 Å². The Balaban J connectivity index is 1.65. The lowest BCUT2D eigenvalue weighted by atomic mass is 9.78. The average Bonchev–Trinajstić information content (AvgIpc) is 2.79. The molecule has 3 aromatic rings. The Hall–Kier alpha value is -3.36. The highest BCUT2D eigenvalue weighted by Crippen LogP contribution is 2.52. The van der Waals surface area contributed by atoms with Crippen molar-refractivity contribution in [3.05, 3.63) is 83.1 Å². The largest absolute Gasteiger partial charge is 0.493 e. The van der Waals surface area contributed by atoms with Gasteiger partial charge in [-0.25, -0.2) is 4.39 Å². The second-order valence-electron chi connectivity index (χ2n) is 8.25. The Kier molecular flexibility index (Phi) is 5.58. The summed E-state index contributed by atoms with van der Waals surface area (Å²) in [5, 5.41) is 7.13. The maximum atomic E-state index is 14.2. The second kappa shape index (κ2) is 8.45. The number of rotatable bonds is 4. The lowest BCUT2D eigenvalue weighted by Gasteiger charge is -2.56. The van der Waals surface area contributed by atoms with Crippen LogP contribution in [-0.2, 0) is 4.79 Å². The number of anilines is 2. The van der Waals surface area contributed by atoms with Crippen molar-refractivity contribution in [2.24, 2.45) is 5.92 Å². The summed E-state index contributed by atoms with van der Waals surface area (Å²) in [5.41, 5.74) is 0.502. The maximum absolute atomic E-state index is 14.2. The van der Waals surface area contributed by atoms with Crippen molar-refractivity contribution < 1.29 is 18.7 Å². The molecule has 0 radical (unpaired) electrons. The number of para-hydroxylation sites is 1. The summed E-state index contributed by atoms with van der Waals surface area (Å²) in [6.45, 7) is 1.78. The van der Waals surface area contributed by atoms with Gasteiger partial charge in [0.15, 0.2) is 22.3 Å². The molecule has 34 heavy (non-hydrogen) atoms. The molecule has 3 aromatic carbocycles. The summed E-state index contributed by atoms with van der Waals surface area (Å²) in [6.07, 6.45) is 0. The van der Waals surface area contributed by atoms with E-state index in [1.165, 1.54) is 12.1 Å². The van der Waals surface area contributed by atoms with Gasteiger partial charge < -0.3 is 20.1 Å². The molecule has 5 rings (SSSR count). The van der Waals surface area contributed by atoms with Gasteiger partial charge in [0.05, 0.1) is 13.2 Å². The van der Waals surface area contributed by atoms with Crippen LogP contribution in [-0.4, -0.2) is 23.9 Å². The van der Waals surface area contributed by atoms with E-state index in [2.05, 4.69) is 10.6 Å². The molecule has 1 amide bonds. The van der Waals surface area contributed by atoms with Crippen molar-refractivity contribution in [2.45, 2.75) is 18.7 Å². The first-order valence-corrected chi connectivity index (χ1v) is 11.4. The lowest BCUT2D eigenvalue weighted by molar-refractivity contribution is -0.130. The van der Waals surface area contributed by atoms with Crippen molar-refractivity contribution in [3.63, 3.8) is 0 Å². The van der Waals surface area contributed by atoms with E-state index in [1.807, 2.05) is 12.1 Å². The van der Waals surface area contributed by atoms with Gasteiger partial charge in [-0.3, -0.25) is 9.69 Å². The van der Waals surface area contributed by atoms with Gasteiger partial charge >= 0.3 is 0 Å². The van der Waals surface area contributed by atoms with Crippen molar-refractivity contribution in [1.82, 2.24) is 5.32 Å². The van der Waals surface area contributed by atoms with E-state index in [4.69, 9.17) is 33.3 Å². The number of halogens is 2. The van der Waals surface area contributed by atoms with Gasteiger partial charge in [-0.2, -0.15) is 0 Å². The van der Waals surface area contributed by atoms with Crippen LogP contribution in [0, 0.1) is 11.7 Å². The van der Waals surface area contributed by atoms with Gasteiger partial charge in [-0.1, -0.05) is 29.8 Å². The zero-order chi connectivity index (χ0) is 24.0. The van der Waals surface area contributed by atoms with Gasteiger partial charge in [0.1, 0.15) is 11.7 Å². The monoisotopic (exact) mass is 497 g/mol. The predicted molar refractivity (Wildman–Crippen MR) is 133 cm³/mol. The zero-order valence-electron chi connectivity index (χ0n) is 18.3. The molecule has 2 N–H and O–H groups in total. The van der Waals surface area contributed by atoms with Crippen LogP contribution in [0.2, 0.25) is 5.02 Å². The lowest BCUT2D eigenvalue weighted by Crippen LogP contribution is -2.72. The minimum atomic E-state index is -1.29. The summed E-state index contributed by atoms with van der Waals surface area (Å²) in [4.78, 5) is 15.4. The standard InChI is InChI=1S/C25H21ClFN3O3S/c1-25-20(23(31)28-16-11-9-14(26)10-12-16)21(18-7-4-8-19(32-2)22(18)33-25)29-24(34)30(25)17-6-3-5-15(27)13-17/h3-13,20-21H,1-2H3,(H,28,31)(H,29,34)/t20-,21+,25+/m1/s1. The number of methoxy groups -OCH3 is 1. The molecule has 2 heterocycles. The van der Waals surface area contributed by atoms with Crippen molar-refractivity contribution >= 4 is 46.2 Å². The molecule has 174 valence electrons. The molecule has 0 aliphatic carbocycles. The summed E-state index contributed by atoms with van der Waals surface area (Å²) < 4.78 is 26.3. The zero-order valence-corrected chi connectivity index (χ0v) is 19.9. The van der Waals surface area contributed by atoms with Gasteiger partial charge in [0.2, 0.25) is 5.91 Å². The molecule has 9 heteroatoms. The highest BCUT2D eigenvalue weighted by molar-refractivity contribution is 7.80. The van der Waals surface area contributed by atoms with E-state index in [9.17, 15) is 9.18 Å². The van der Waals surface area contributed by atoms with E-state index in [-0.39, 0.29) is 5.91 Å². The molecule has 0 saturated carbocycles. The SMILES string of the molecule is COc1cccc2c1O[C@@]1(C)[C@@H](C(=O)Nc3ccc(Cl)cc3)[C@H]2NC(=S)N1c1cccc(F)c1. The molecule has 0 spiro atoms. The average molecular weight is 498 g/mol. The third-order valence-electron chi connectivity index (χ3n) is 6.17. The predicted octanol–water partition coefficient (Wildman–Crippen LogP) is 5.29. The molecule has 2 aliphatic heterocycles. The highest BCUT2D eigenvalue weighted by Gasteiger charge is 2.59. The Morgan fingerprint density at radius 1 is 1.21 bits per heavy atom. The first-order valence-electron chi connectivity index (χ1n) is 10.6. The Morgan fingerprint density at radius 2 is 1.94 bits per heavy atom. The number of thiocarbonyl (C=S) groups is 1. The summed E-state index contributed by atoms with van der Waals surface area (Å²) in [7, 11) is 1.55. The minimum Gasteiger partial charge on any atom is -0.493 e. The fraction of sp³-hybridized carbons (Fsp3) is 0.200. The normalized spacial score (nSPS) is 22.8. The van der Waals surface area contributed by atoms with E-state index < -0.39 is 23.5 Å². The minimum absolute atomic E-state index is 0.292. The Bertz CT molecular complexity index is 1290. The number of hydrogen-bond acceptors (Lipinski definition) is 4. The van der Waals surface area contributed by atoms with E-state index in [1.54, 1.807) is 61.4 Å². The number of nitrogens with zero attached hydrogens (tertiary/aromatic N) is 1. The van der Waals surface area contributed by atoms with Gasteiger partial charge in [0, 0.05) is 22.0 Å². The fourth-order valence-corrected chi connectivity index (χ4v) is 5.23. The molecule has 1 fully saturated rings. The number of benzene rings is 3. The molecule has 3 atom stereocenters. The fourth-order valence-electron chi connectivity index (χ4n) is 4.69. The van der Waals surface area contributed by atoms with Crippen LogP contribution in [0.1, 0.15) is 18.5 Å².